The summed E-state index contributed by atoms with van der Waals surface area (Å²) >= 11 is 5.65. The molecule has 0 spiro atoms. The predicted molar refractivity (Wildman–Crippen MR) is 130 cm³/mol. The molecule has 1 aromatic heterocycles. The van der Waals surface area contributed by atoms with Crippen molar-refractivity contribution < 1.29 is 26.8 Å². The van der Waals surface area contributed by atoms with Gasteiger partial charge in [-0.2, -0.15) is 0 Å². The Labute approximate surface area is 210 Å². The lowest BCUT2D eigenvalue weighted by Gasteiger charge is -2.20. The number of rotatable bonds is 6. The summed E-state index contributed by atoms with van der Waals surface area (Å²) in [7, 11) is -3.42. The molecule has 1 fully saturated rings. The van der Waals surface area contributed by atoms with E-state index in [0.29, 0.717) is 5.56 Å². The Hall–Kier alpha value is -3.64. The van der Waals surface area contributed by atoms with Gasteiger partial charge in [-0.25, -0.2) is 32.0 Å². The van der Waals surface area contributed by atoms with Crippen LogP contribution in [0.1, 0.15) is 12.0 Å². The maximum Gasteiger partial charge on any atom is 0.321 e. The van der Waals surface area contributed by atoms with Crippen molar-refractivity contribution in [3.05, 3.63) is 71.1 Å². The van der Waals surface area contributed by atoms with E-state index in [1.54, 1.807) is 12.1 Å². The zero-order chi connectivity index (χ0) is 26.0. The van der Waals surface area contributed by atoms with Crippen molar-refractivity contribution in [2.45, 2.75) is 18.2 Å². The number of benzene rings is 2. The van der Waals surface area contributed by atoms with E-state index < -0.39 is 39.5 Å². The first-order valence-electron chi connectivity index (χ1n) is 10.6. The van der Waals surface area contributed by atoms with Gasteiger partial charge in [-0.05, 0) is 29.7 Å². The Bertz CT molecular complexity index is 1440. The van der Waals surface area contributed by atoms with Crippen LogP contribution in [0, 0.1) is 11.6 Å². The summed E-state index contributed by atoms with van der Waals surface area (Å²) in [6.07, 6.45) is 3.69. The first kappa shape index (κ1) is 25.5. The van der Waals surface area contributed by atoms with Gasteiger partial charge in [0, 0.05) is 18.4 Å². The van der Waals surface area contributed by atoms with E-state index in [9.17, 15) is 18.0 Å². The van der Waals surface area contributed by atoms with Crippen molar-refractivity contribution in [1.82, 2.24) is 15.3 Å². The molecule has 3 aromatic rings. The standard InChI is InChI=1S/C23H20ClF2N5O4S/c1-36(34,35)12-13-4-2-3-5-14(13)15-6-7-17(21(26)20(15)25)31-9-8-16(22(31)32)29-23(33)30-19-11-27-18(24)10-28-19/h2-7,10-11,16H,8-9,12H2,1H3,(H2,28,29,30,33)/t16-/m1/s1. The monoisotopic (exact) mass is 535 g/mol. The van der Waals surface area contributed by atoms with Gasteiger partial charge in [0.15, 0.2) is 27.3 Å². The lowest BCUT2D eigenvalue weighted by atomic mass is 9.99. The third-order valence-electron chi connectivity index (χ3n) is 5.45. The van der Waals surface area contributed by atoms with Crippen molar-refractivity contribution in [2.24, 2.45) is 0 Å². The third kappa shape index (κ3) is 5.60. The molecule has 13 heteroatoms. The molecule has 2 N–H and O–H groups in total. The summed E-state index contributed by atoms with van der Waals surface area (Å²) in [4.78, 5) is 33.8. The summed E-state index contributed by atoms with van der Waals surface area (Å²) in [6, 6.07) is 7.10. The first-order valence-corrected chi connectivity index (χ1v) is 13.1. The largest absolute Gasteiger partial charge is 0.326 e. The number of aromatic nitrogens is 2. The average molecular weight is 536 g/mol. The van der Waals surface area contributed by atoms with Crippen molar-refractivity contribution in [3.63, 3.8) is 0 Å². The molecule has 36 heavy (non-hydrogen) atoms. The van der Waals surface area contributed by atoms with Gasteiger partial charge in [-0.15, -0.1) is 0 Å². The molecule has 1 aliphatic rings. The molecule has 1 aliphatic heterocycles. The van der Waals surface area contributed by atoms with Crippen LogP contribution in [-0.4, -0.2) is 49.2 Å². The summed E-state index contributed by atoms with van der Waals surface area (Å²) in [6.45, 7) is 0.0465. The number of carbonyl (C=O) groups is 2. The summed E-state index contributed by atoms with van der Waals surface area (Å²) in [5, 5.41) is 5.03. The Kier molecular flexibility index (Phi) is 7.18. The number of carbonyl (C=O) groups excluding carboxylic acids is 2. The number of amides is 3. The van der Waals surface area contributed by atoms with Crippen LogP contribution in [0.5, 0.6) is 0 Å². The fraction of sp³-hybridized carbons (Fsp3) is 0.217. The Balaban J connectivity index is 1.52. The van der Waals surface area contributed by atoms with E-state index in [4.69, 9.17) is 11.6 Å². The number of hydrogen-bond donors (Lipinski definition) is 2. The number of anilines is 2. The average Bonchev–Trinajstić information content (AvgIpc) is 3.16. The molecule has 188 valence electrons. The number of hydrogen-bond acceptors (Lipinski definition) is 6. The molecule has 1 atom stereocenters. The minimum absolute atomic E-state index is 0.0465. The van der Waals surface area contributed by atoms with E-state index in [1.807, 2.05) is 0 Å². The molecule has 0 aliphatic carbocycles. The third-order valence-corrected chi connectivity index (χ3v) is 6.48. The minimum atomic E-state index is -3.42. The molecule has 2 aromatic carbocycles. The van der Waals surface area contributed by atoms with E-state index >= 15 is 8.78 Å². The van der Waals surface area contributed by atoms with Crippen LogP contribution in [0.15, 0.2) is 48.8 Å². The number of urea groups is 1. The van der Waals surface area contributed by atoms with E-state index in [-0.39, 0.29) is 46.5 Å². The highest BCUT2D eigenvalue weighted by atomic mass is 35.5. The molecule has 0 radical (unpaired) electrons. The van der Waals surface area contributed by atoms with Gasteiger partial charge in [-0.1, -0.05) is 35.9 Å². The van der Waals surface area contributed by atoms with Crippen molar-refractivity contribution in [2.75, 3.05) is 23.0 Å². The van der Waals surface area contributed by atoms with Gasteiger partial charge in [0.25, 0.3) is 0 Å². The Morgan fingerprint density at radius 1 is 1.11 bits per heavy atom. The van der Waals surface area contributed by atoms with Crippen molar-refractivity contribution in [1.29, 1.82) is 0 Å². The van der Waals surface area contributed by atoms with Crippen LogP contribution < -0.4 is 15.5 Å². The van der Waals surface area contributed by atoms with E-state index in [0.717, 1.165) is 11.2 Å². The Morgan fingerprint density at radius 2 is 1.86 bits per heavy atom. The molecule has 0 bridgehead atoms. The zero-order valence-corrected chi connectivity index (χ0v) is 20.4. The molecule has 0 saturated carbocycles. The van der Waals surface area contributed by atoms with Crippen LogP contribution in [0.2, 0.25) is 5.15 Å². The molecular weight excluding hydrogens is 516 g/mol. The van der Waals surface area contributed by atoms with E-state index in [1.165, 1.54) is 36.7 Å². The lowest BCUT2D eigenvalue weighted by molar-refractivity contribution is -0.118. The van der Waals surface area contributed by atoms with Gasteiger partial charge in [0.2, 0.25) is 5.91 Å². The smallest absolute Gasteiger partial charge is 0.321 e. The van der Waals surface area contributed by atoms with Crippen molar-refractivity contribution in [3.8, 4) is 11.1 Å². The van der Waals surface area contributed by atoms with Crippen LogP contribution in [-0.2, 0) is 20.4 Å². The number of halogens is 3. The highest BCUT2D eigenvalue weighted by Gasteiger charge is 2.36. The summed E-state index contributed by atoms with van der Waals surface area (Å²) in [5.74, 6) is -3.31. The van der Waals surface area contributed by atoms with E-state index in [2.05, 4.69) is 20.6 Å². The van der Waals surface area contributed by atoms with Crippen LogP contribution >= 0.6 is 11.6 Å². The second kappa shape index (κ2) is 10.2. The van der Waals surface area contributed by atoms with Crippen LogP contribution in [0.3, 0.4) is 0 Å². The van der Waals surface area contributed by atoms with Crippen molar-refractivity contribution >= 4 is 44.9 Å². The first-order chi connectivity index (χ1) is 17.0. The topological polar surface area (TPSA) is 121 Å². The van der Waals surface area contributed by atoms with Gasteiger partial charge >= 0.3 is 6.03 Å². The zero-order valence-electron chi connectivity index (χ0n) is 18.8. The maximum absolute atomic E-state index is 15.2. The van der Waals surface area contributed by atoms with Crippen LogP contribution in [0.4, 0.5) is 25.1 Å². The lowest BCUT2D eigenvalue weighted by Crippen LogP contribution is -2.43. The predicted octanol–water partition coefficient (Wildman–Crippen LogP) is 3.55. The normalized spacial score (nSPS) is 15.7. The number of sulfone groups is 1. The second-order valence-electron chi connectivity index (χ2n) is 8.14. The van der Waals surface area contributed by atoms with Gasteiger partial charge in [0.05, 0.1) is 23.8 Å². The maximum atomic E-state index is 15.2. The summed E-state index contributed by atoms with van der Waals surface area (Å²) < 4.78 is 53.8. The molecule has 4 rings (SSSR count). The SMILES string of the molecule is CS(=O)(=O)Cc1ccccc1-c1ccc(N2CC[C@@H](NC(=O)Nc3cnc(Cl)cn3)C2=O)c(F)c1F. The van der Waals surface area contributed by atoms with Crippen LogP contribution in [0.25, 0.3) is 11.1 Å². The highest BCUT2D eigenvalue weighted by Crippen LogP contribution is 2.34. The molecule has 0 unspecified atom stereocenters. The quantitative estimate of drug-likeness (QED) is 0.498. The Morgan fingerprint density at radius 3 is 2.56 bits per heavy atom. The minimum Gasteiger partial charge on any atom is -0.326 e. The molecule has 2 heterocycles. The van der Waals surface area contributed by atoms with Gasteiger partial charge < -0.3 is 10.2 Å². The number of nitrogens with zero attached hydrogens (tertiary/aromatic N) is 3. The molecule has 3 amide bonds. The fourth-order valence-electron chi connectivity index (χ4n) is 3.89. The fourth-order valence-corrected chi connectivity index (χ4v) is 4.80. The molecular formula is C23H20ClF2N5O4S. The molecule has 1 saturated heterocycles. The van der Waals surface area contributed by atoms with Gasteiger partial charge in [-0.3, -0.25) is 10.1 Å². The van der Waals surface area contributed by atoms with Gasteiger partial charge in [0.1, 0.15) is 11.2 Å². The second-order valence-corrected chi connectivity index (χ2v) is 10.7. The highest BCUT2D eigenvalue weighted by molar-refractivity contribution is 7.89. The summed E-state index contributed by atoms with van der Waals surface area (Å²) in [5.41, 5.74) is 0.152. The number of nitrogens with one attached hydrogen (secondary N) is 2. The molecule has 9 nitrogen and oxygen atoms in total.